The summed E-state index contributed by atoms with van der Waals surface area (Å²) in [6.45, 7) is 0. The van der Waals surface area contributed by atoms with E-state index in [-0.39, 0.29) is 11.8 Å². The SMILES string of the molecule is O=C(c1ccccc1)N(c1ccccc1)c1ccc(N(C(=O)c2ccccc2)c2ccccc2)cc1. The van der Waals surface area contributed by atoms with E-state index >= 15 is 0 Å². The van der Waals surface area contributed by atoms with Crippen molar-refractivity contribution < 1.29 is 9.59 Å². The van der Waals surface area contributed by atoms with Crippen LogP contribution in [0.5, 0.6) is 0 Å². The number of hydrogen-bond acceptors (Lipinski definition) is 2. The van der Waals surface area contributed by atoms with Gasteiger partial charge in [0.15, 0.2) is 0 Å². The molecule has 0 atom stereocenters. The molecule has 0 unspecified atom stereocenters. The van der Waals surface area contributed by atoms with Crippen LogP contribution in [0, 0.1) is 0 Å². The van der Waals surface area contributed by atoms with Gasteiger partial charge in [0, 0.05) is 33.9 Å². The summed E-state index contributed by atoms with van der Waals surface area (Å²) < 4.78 is 0. The van der Waals surface area contributed by atoms with Crippen molar-refractivity contribution in [1.29, 1.82) is 0 Å². The molecule has 0 spiro atoms. The molecule has 0 fully saturated rings. The van der Waals surface area contributed by atoms with Crippen molar-refractivity contribution in [3.8, 4) is 0 Å². The molecule has 0 N–H and O–H groups in total. The summed E-state index contributed by atoms with van der Waals surface area (Å²) in [5, 5.41) is 0. The molecule has 0 saturated heterocycles. The molecule has 0 aliphatic carbocycles. The highest BCUT2D eigenvalue weighted by Gasteiger charge is 2.22. The molecule has 0 saturated carbocycles. The van der Waals surface area contributed by atoms with Gasteiger partial charge < -0.3 is 0 Å². The largest absolute Gasteiger partial charge is 0.277 e. The van der Waals surface area contributed by atoms with Crippen molar-refractivity contribution in [2.24, 2.45) is 0 Å². The summed E-state index contributed by atoms with van der Waals surface area (Å²) in [5.74, 6) is -0.260. The van der Waals surface area contributed by atoms with Crippen LogP contribution in [-0.2, 0) is 0 Å². The standard InChI is InChI=1S/C32H24N2O2/c35-31(25-13-5-1-6-14-25)33(27-17-9-3-10-18-27)29-21-23-30(24-22-29)34(28-19-11-4-12-20-28)32(36)26-15-7-2-8-16-26/h1-24H. The van der Waals surface area contributed by atoms with E-state index in [1.165, 1.54) is 0 Å². The zero-order chi connectivity index (χ0) is 24.7. The fourth-order valence-electron chi connectivity index (χ4n) is 4.09. The Hall–Kier alpha value is -4.96. The summed E-state index contributed by atoms with van der Waals surface area (Å²) in [6.07, 6.45) is 0. The monoisotopic (exact) mass is 468 g/mol. The van der Waals surface area contributed by atoms with Crippen LogP contribution in [-0.4, -0.2) is 11.8 Å². The van der Waals surface area contributed by atoms with Crippen LogP contribution in [0.25, 0.3) is 0 Å². The predicted molar refractivity (Wildman–Crippen MR) is 145 cm³/mol. The zero-order valence-electron chi connectivity index (χ0n) is 19.6. The van der Waals surface area contributed by atoms with Gasteiger partial charge in [0.25, 0.3) is 11.8 Å². The molecule has 0 aliphatic heterocycles. The highest BCUT2D eigenvalue weighted by molar-refractivity contribution is 6.12. The van der Waals surface area contributed by atoms with Crippen LogP contribution >= 0.6 is 0 Å². The van der Waals surface area contributed by atoms with Gasteiger partial charge in [0.1, 0.15) is 0 Å². The summed E-state index contributed by atoms with van der Waals surface area (Å²) in [5.41, 5.74) is 4.13. The second-order valence-corrected chi connectivity index (χ2v) is 8.20. The number of anilines is 4. The lowest BCUT2D eigenvalue weighted by atomic mass is 10.1. The molecule has 0 aliphatic rings. The van der Waals surface area contributed by atoms with Crippen LogP contribution in [0.2, 0.25) is 0 Å². The average Bonchev–Trinajstić information content (AvgIpc) is 2.96. The number of hydrogen-bond donors (Lipinski definition) is 0. The minimum Gasteiger partial charge on any atom is -0.277 e. The van der Waals surface area contributed by atoms with Crippen LogP contribution in [0.4, 0.5) is 22.7 Å². The first-order chi connectivity index (χ1) is 17.7. The van der Waals surface area contributed by atoms with E-state index in [9.17, 15) is 9.59 Å². The molecule has 5 aromatic carbocycles. The van der Waals surface area contributed by atoms with Crippen molar-refractivity contribution >= 4 is 34.6 Å². The summed E-state index contributed by atoms with van der Waals surface area (Å²) in [4.78, 5) is 30.5. The van der Waals surface area contributed by atoms with E-state index in [4.69, 9.17) is 0 Å². The van der Waals surface area contributed by atoms with Crippen molar-refractivity contribution in [1.82, 2.24) is 0 Å². The van der Waals surface area contributed by atoms with Crippen LogP contribution in [0.15, 0.2) is 146 Å². The third kappa shape index (κ3) is 4.79. The van der Waals surface area contributed by atoms with Gasteiger partial charge in [-0.05, 0) is 72.8 Å². The van der Waals surface area contributed by atoms with Crippen molar-refractivity contribution in [2.75, 3.05) is 9.80 Å². The van der Waals surface area contributed by atoms with Gasteiger partial charge in [-0.2, -0.15) is 0 Å². The summed E-state index contributed by atoms with van der Waals surface area (Å²) in [7, 11) is 0. The number of para-hydroxylation sites is 2. The molecule has 0 radical (unpaired) electrons. The summed E-state index contributed by atoms with van der Waals surface area (Å²) in [6, 6.07) is 45.0. The fraction of sp³-hybridized carbons (Fsp3) is 0. The number of rotatable bonds is 6. The van der Waals surface area contributed by atoms with E-state index in [1.54, 1.807) is 9.80 Å². The Bertz CT molecular complexity index is 1320. The quantitative estimate of drug-likeness (QED) is 0.257. The Morgan fingerprint density at radius 3 is 0.889 bits per heavy atom. The first kappa shape index (κ1) is 22.8. The predicted octanol–water partition coefficient (Wildman–Crippen LogP) is 7.64. The van der Waals surface area contributed by atoms with Crippen LogP contribution in [0.1, 0.15) is 20.7 Å². The first-order valence-corrected chi connectivity index (χ1v) is 11.7. The molecule has 5 aromatic rings. The van der Waals surface area contributed by atoms with Crippen LogP contribution in [0.3, 0.4) is 0 Å². The Morgan fingerprint density at radius 1 is 0.333 bits per heavy atom. The molecule has 0 heterocycles. The molecule has 4 heteroatoms. The van der Waals surface area contributed by atoms with Gasteiger partial charge in [-0.1, -0.05) is 72.8 Å². The van der Waals surface area contributed by atoms with E-state index in [1.807, 2.05) is 146 Å². The molecule has 2 amide bonds. The summed E-state index contributed by atoms with van der Waals surface area (Å²) >= 11 is 0. The molecule has 5 rings (SSSR count). The third-order valence-electron chi connectivity index (χ3n) is 5.84. The van der Waals surface area contributed by atoms with E-state index in [2.05, 4.69) is 0 Å². The van der Waals surface area contributed by atoms with Gasteiger partial charge >= 0.3 is 0 Å². The normalized spacial score (nSPS) is 10.4. The minimum atomic E-state index is -0.130. The first-order valence-electron chi connectivity index (χ1n) is 11.7. The van der Waals surface area contributed by atoms with Crippen molar-refractivity contribution in [3.05, 3.63) is 157 Å². The Labute approximate surface area is 210 Å². The Kier molecular flexibility index (Phi) is 6.68. The van der Waals surface area contributed by atoms with Gasteiger partial charge in [-0.25, -0.2) is 0 Å². The molecule has 4 nitrogen and oxygen atoms in total. The van der Waals surface area contributed by atoms with Gasteiger partial charge in [-0.3, -0.25) is 19.4 Å². The second-order valence-electron chi connectivity index (χ2n) is 8.20. The molecule has 0 bridgehead atoms. The number of nitrogens with zero attached hydrogens (tertiary/aromatic N) is 2. The third-order valence-corrected chi connectivity index (χ3v) is 5.84. The topological polar surface area (TPSA) is 40.6 Å². The second kappa shape index (κ2) is 10.5. The van der Waals surface area contributed by atoms with Crippen molar-refractivity contribution in [2.45, 2.75) is 0 Å². The van der Waals surface area contributed by atoms with E-state index in [0.29, 0.717) is 22.5 Å². The molecular weight excluding hydrogens is 444 g/mol. The number of carbonyl (C=O) groups excluding carboxylic acids is 2. The van der Waals surface area contributed by atoms with E-state index in [0.717, 1.165) is 11.4 Å². The highest BCUT2D eigenvalue weighted by atomic mass is 16.2. The minimum absolute atomic E-state index is 0.130. The van der Waals surface area contributed by atoms with Crippen LogP contribution < -0.4 is 9.80 Å². The lowest BCUT2D eigenvalue weighted by molar-refractivity contribution is 0.0990. The maximum absolute atomic E-state index is 13.5. The maximum atomic E-state index is 13.5. The molecule has 36 heavy (non-hydrogen) atoms. The van der Waals surface area contributed by atoms with Gasteiger partial charge in [0.2, 0.25) is 0 Å². The Balaban J connectivity index is 1.55. The fourth-order valence-corrected chi connectivity index (χ4v) is 4.09. The number of amides is 2. The number of carbonyl (C=O) groups is 2. The smallest absolute Gasteiger partial charge is 0.262 e. The van der Waals surface area contributed by atoms with Gasteiger partial charge in [-0.15, -0.1) is 0 Å². The molecule has 174 valence electrons. The van der Waals surface area contributed by atoms with E-state index < -0.39 is 0 Å². The molecule has 0 aromatic heterocycles. The lowest BCUT2D eigenvalue weighted by Gasteiger charge is -2.26. The highest BCUT2D eigenvalue weighted by Crippen LogP contribution is 2.32. The lowest BCUT2D eigenvalue weighted by Crippen LogP contribution is -2.27. The maximum Gasteiger partial charge on any atom is 0.262 e. The van der Waals surface area contributed by atoms with Gasteiger partial charge in [0.05, 0.1) is 0 Å². The Morgan fingerprint density at radius 2 is 0.583 bits per heavy atom. The van der Waals surface area contributed by atoms with Crippen molar-refractivity contribution in [3.63, 3.8) is 0 Å². The number of benzene rings is 5. The average molecular weight is 469 g/mol. The zero-order valence-corrected chi connectivity index (χ0v) is 19.6. The molecular formula is C32H24N2O2.